The molecule has 0 spiro atoms. The van der Waals surface area contributed by atoms with Gasteiger partial charge in [0.05, 0.1) is 18.0 Å². The Bertz CT molecular complexity index is 1390. The summed E-state index contributed by atoms with van der Waals surface area (Å²) in [6, 6.07) is 8.95. The van der Waals surface area contributed by atoms with Crippen molar-refractivity contribution in [1.29, 1.82) is 0 Å². The van der Waals surface area contributed by atoms with Crippen molar-refractivity contribution in [3.8, 4) is 11.3 Å². The number of aromatic nitrogens is 6. The van der Waals surface area contributed by atoms with E-state index in [1.165, 1.54) is 66.8 Å². The second kappa shape index (κ2) is 15.8. The van der Waals surface area contributed by atoms with E-state index in [-0.39, 0.29) is 28.5 Å². The van der Waals surface area contributed by atoms with Crippen LogP contribution in [0.5, 0.6) is 0 Å². The van der Waals surface area contributed by atoms with Crippen LogP contribution in [-0.4, -0.2) is 47.4 Å². The van der Waals surface area contributed by atoms with Gasteiger partial charge in [-0.25, -0.2) is 18.3 Å². The van der Waals surface area contributed by atoms with Gasteiger partial charge < -0.3 is 19.8 Å². The van der Waals surface area contributed by atoms with Crippen molar-refractivity contribution in [1.82, 2.24) is 29.8 Å². The van der Waals surface area contributed by atoms with Gasteiger partial charge in [0.15, 0.2) is 23.9 Å². The van der Waals surface area contributed by atoms with Gasteiger partial charge in [-0.3, -0.25) is 0 Å². The SMILES string of the molecule is CCCCCCCCCCNc1cnn(Cn2cc(C(C)(F)F)cn2)n1.O=C(O)c1[nH]c(=S)oc1-c1ccccc1. The Morgan fingerprint density at radius 1 is 1.07 bits per heavy atom. The molecule has 0 aliphatic rings. The predicted octanol–water partition coefficient (Wildman–Crippen LogP) is 7.35. The van der Waals surface area contributed by atoms with Gasteiger partial charge in [0.1, 0.15) is 0 Å². The molecule has 0 bridgehead atoms. The first-order valence-electron chi connectivity index (χ1n) is 13.7. The molecular weight excluding hydrogens is 552 g/mol. The van der Waals surface area contributed by atoms with E-state index in [9.17, 15) is 13.6 Å². The number of carboxylic acid groups (broad SMARTS) is 1. The number of rotatable bonds is 15. The monoisotopic (exact) mass is 589 g/mol. The quantitative estimate of drug-likeness (QED) is 0.0970. The van der Waals surface area contributed by atoms with Crippen LogP contribution in [0.4, 0.5) is 14.6 Å². The number of aromatic amines is 1. The fraction of sp³-hybridized carbons (Fsp3) is 0.464. The number of alkyl halides is 2. The second-order valence-electron chi connectivity index (χ2n) is 9.69. The van der Waals surface area contributed by atoms with Gasteiger partial charge in [-0.1, -0.05) is 82.2 Å². The number of unbranched alkanes of at least 4 members (excludes halogenated alkanes) is 7. The number of halogens is 2. The summed E-state index contributed by atoms with van der Waals surface area (Å²) in [5, 5.41) is 24.5. The van der Waals surface area contributed by atoms with E-state index in [1.807, 2.05) is 6.07 Å². The largest absolute Gasteiger partial charge is 0.476 e. The number of nitrogens with zero attached hydrogens (tertiary/aromatic N) is 5. The molecule has 0 radical (unpaired) electrons. The van der Waals surface area contributed by atoms with Crippen molar-refractivity contribution in [2.75, 3.05) is 11.9 Å². The van der Waals surface area contributed by atoms with Crippen molar-refractivity contribution in [2.45, 2.75) is 77.8 Å². The molecule has 13 heteroatoms. The molecule has 0 saturated carbocycles. The van der Waals surface area contributed by atoms with Gasteiger partial charge in [-0.2, -0.15) is 15.0 Å². The van der Waals surface area contributed by atoms with Crippen molar-refractivity contribution in [3.63, 3.8) is 0 Å². The zero-order valence-corrected chi connectivity index (χ0v) is 24.2. The minimum atomic E-state index is -2.89. The van der Waals surface area contributed by atoms with E-state index in [1.54, 1.807) is 30.5 Å². The molecule has 0 saturated heterocycles. The highest BCUT2D eigenvalue weighted by atomic mass is 32.1. The molecule has 1 aromatic carbocycles. The maximum absolute atomic E-state index is 13.2. The molecule has 3 aromatic heterocycles. The van der Waals surface area contributed by atoms with Crippen LogP contribution in [-0.2, 0) is 12.6 Å². The number of hydrogen-bond acceptors (Lipinski definition) is 7. The first kappa shape index (κ1) is 31.7. The molecule has 0 fully saturated rings. The number of carbonyl (C=O) groups is 1. The first-order valence-corrected chi connectivity index (χ1v) is 14.1. The van der Waals surface area contributed by atoms with Crippen LogP contribution in [0.3, 0.4) is 0 Å². The van der Waals surface area contributed by atoms with Crippen molar-refractivity contribution in [2.24, 2.45) is 0 Å². The number of aromatic carboxylic acids is 1. The van der Waals surface area contributed by atoms with Crippen molar-refractivity contribution in [3.05, 3.63) is 65.0 Å². The molecule has 3 N–H and O–H groups in total. The van der Waals surface area contributed by atoms with E-state index < -0.39 is 11.9 Å². The lowest BCUT2D eigenvalue weighted by Gasteiger charge is -2.05. The molecular formula is C28H37F2N7O3S. The number of hydrogen-bond donors (Lipinski definition) is 3. The van der Waals surface area contributed by atoms with Crippen molar-refractivity contribution >= 4 is 24.0 Å². The normalized spacial score (nSPS) is 11.2. The summed E-state index contributed by atoms with van der Waals surface area (Å²) < 4.78 is 33.0. The third kappa shape index (κ3) is 10.6. The van der Waals surface area contributed by atoms with E-state index >= 15 is 0 Å². The fourth-order valence-corrected chi connectivity index (χ4v) is 4.18. The highest BCUT2D eigenvalue weighted by Gasteiger charge is 2.26. The molecule has 3 heterocycles. The zero-order valence-electron chi connectivity index (χ0n) is 23.4. The standard InChI is InChI=1S/C18H30F2N6.C10H7NO3S/c1-3-4-5-6-7-8-9-10-11-21-17-13-23-26(24-17)15-25-14-16(12-22-25)18(2,19)20;12-9(13)7-8(14-10(15)11-7)6-4-2-1-3-5-6/h12-14H,3-11,15H2,1-2H3,(H,21,24);1-5H,(H,11,15)(H,12,13). The number of anilines is 1. The summed E-state index contributed by atoms with van der Waals surface area (Å²) in [5.74, 6) is -3.03. The summed E-state index contributed by atoms with van der Waals surface area (Å²) >= 11 is 4.75. The summed E-state index contributed by atoms with van der Waals surface area (Å²) in [7, 11) is 0. The number of carboxylic acids is 1. The smallest absolute Gasteiger partial charge is 0.356 e. The molecule has 41 heavy (non-hydrogen) atoms. The van der Waals surface area contributed by atoms with E-state index in [2.05, 4.69) is 32.5 Å². The van der Waals surface area contributed by atoms with Crippen LogP contribution < -0.4 is 5.32 Å². The average molecular weight is 590 g/mol. The molecule has 4 aromatic rings. The lowest BCUT2D eigenvalue weighted by atomic mass is 10.1. The van der Waals surface area contributed by atoms with E-state index in [0.717, 1.165) is 19.9 Å². The molecule has 222 valence electrons. The molecule has 0 amide bonds. The van der Waals surface area contributed by atoms with Crippen LogP contribution >= 0.6 is 12.2 Å². The summed E-state index contributed by atoms with van der Waals surface area (Å²) in [4.78, 5) is 14.9. The maximum Gasteiger partial charge on any atom is 0.356 e. The number of nitrogens with one attached hydrogen (secondary N) is 2. The predicted molar refractivity (Wildman–Crippen MR) is 155 cm³/mol. The van der Waals surface area contributed by atoms with Crippen molar-refractivity contribution < 1.29 is 23.1 Å². The highest BCUT2D eigenvalue weighted by Crippen LogP contribution is 2.26. The number of oxazole rings is 1. The summed E-state index contributed by atoms with van der Waals surface area (Å²) in [6.45, 7) is 4.16. The van der Waals surface area contributed by atoms with Gasteiger partial charge in [0.2, 0.25) is 0 Å². The Morgan fingerprint density at radius 3 is 2.39 bits per heavy atom. The third-order valence-electron chi connectivity index (χ3n) is 6.18. The average Bonchev–Trinajstić information content (AvgIpc) is 3.69. The van der Waals surface area contributed by atoms with Gasteiger partial charge in [-0.15, -0.1) is 5.10 Å². The molecule has 0 aliphatic carbocycles. The second-order valence-corrected chi connectivity index (χ2v) is 10.1. The lowest BCUT2D eigenvalue weighted by Crippen LogP contribution is -2.12. The maximum atomic E-state index is 13.2. The van der Waals surface area contributed by atoms with Gasteiger partial charge >= 0.3 is 5.97 Å². The van der Waals surface area contributed by atoms with Gasteiger partial charge in [-0.05, 0) is 18.6 Å². The molecule has 0 unspecified atom stereocenters. The third-order valence-corrected chi connectivity index (χ3v) is 6.37. The molecule has 4 rings (SSSR count). The minimum absolute atomic E-state index is 0.0220. The topological polar surface area (TPSA) is 127 Å². The summed E-state index contributed by atoms with van der Waals surface area (Å²) in [6.07, 6.45) is 14.4. The number of H-pyrrole nitrogens is 1. The number of benzene rings is 1. The Kier molecular flexibility index (Phi) is 12.2. The Balaban J connectivity index is 0.000000260. The highest BCUT2D eigenvalue weighted by molar-refractivity contribution is 7.71. The molecule has 10 nitrogen and oxygen atoms in total. The Morgan fingerprint density at radius 2 is 1.76 bits per heavy atom. The first-order chi connectivity index (χ1) is 19.7. The van der Waals surface area contributed by atoms with E-state index in [4.69, 9.17) is 21.7 Å². The van der Waals surface area contributed by atoms with Crippen LogP contribution in [0, 0.1) is 4.84 Å². The lowest BCUT2D eigenvalue weighted by molar-refractivity contribution is 0.0173. The van der Waals surface area contributed by atoms with Crippen LogP contribution in [0.1, 0.15) is 81.3 Å². The van der Waals surface area contributed by atoms with Gasteiger partial charge in [0.25, 0.3) is 10.8 Å². The minimum Gasteiger partial charge on any atom is -0.476 e. The Labute approximate surface area is 242 Å². The Hall–Kier alpha value is -3.87. The molecule has 0 atom stereocenters. The van der Waals surface area contributed by atoms with Crippen LogP contribution in [0.15, 0.2) is 53.3 Å². The fourth-order valence-electron chi connectivity index (χ4n) is 3.99. The summed E-state index contributed by atoms with van der Waals surface area (Å²) in [5.41, 5.74) is 0.547. The van der Waals surface area contributed by atoms with E-state index in [0.29, 0.717) is 11.4 Å². The molecule has 0 aliphatic heterocycles. The van der Waals surface area contributed by atoms with Gasteiger partial charge in [0, 0.05) is 25.2 Å². The zero-order chi connectivity index (χ0) is 29.7. The van der Waals surface area contributed by atoms with Crippen LogP contribution in [0.2, 0.25) is 0 Å². The van der Waals surface area contributed by atoms with Crippen LogP contribution in [0.25, 0.3) is 11.3 Å².